The summed E-state index contributed by atoms with van der Waals surface area (Å²) in [5, 5.41) is 4.02. The Morgan fingerprint density at radius 2 is 2.12 bits per heavy atom. The number of carbonyl (C=O) groups excluding carboxylic acids is 2. The zero-order chi connectivity index (χ0) is 16.7. The van der Waals surface area contributed by atoms with Gasteiger partial charge in [0.05, 0.1) is 10.9 Å². The third-order valence-electron chi connectivity index (χ3n) is 5.05. The summed E-state index contributed by atoms with van der Waals surface area (Å²) in [5.41, 5.74) is 1.07. The Hall–Kier alpha value is -2.08. The Labute approximate surface area is 145 Å². The molecule has 5 nitrogen and oxygen atoms in total. The van der Waals surface area contributed by atoms with Gasteiger partial charge in [-0.2, -0.15) is 0 Å². The molecule has 2 aromatic rings. The summed E-state index contributed by atoms with van der Waals surface area (Å²) in [4.78, 5) is 29.6. The molecule has 0 bridgehead atoms. The van der Waals surface area contributed by atoms with Gasteiger partial charge in [0, 0.05) is 30.9 Å². The molecular weight excluding hydrogens is 322 g/mol. The van der Waals surface area contributed by atoms with Crippen molar-refractivity contribution in [2.75, 3.05) is 26.2 Å². The van der Waals surface area contributed by atoms with E-state index in [9.17, 15) is 9.59 Å². The molecule has 1 atom stereocenters. The molecule has 1 aromatic carbocycles. The Balaban J connectivity index is 1.57. The fourth-order valence-corrected chi connectivity index (χ4v) is 4.93. The molecule has 0 saturated carbocycles. The van der Waals surface area contributed by atoms with E-state index in [2.05, 4.69) is 17.4 Å². The molecule has 2 saturated heterocycles. The monoisotopic (exact) mass is 343 g/mol. The number of nitrogens with zero attached hydrogens (tertiary/aromatic N) is 2. The molecule has 0 spiro atoms. The number of rotatable bonds is 2. The highest BCUT2D eigenvalue weighted by molar-refractivity contribution is 7.21. The van der Waals surface area contributed by atoms with Gasteiger partial charge in [-0.25, -0.2) is 4.79 Å². The summed E-state index contributed by atoms with van der Waals surface area (Å²) in [5.74, 6) is 0.109. The molecule has 3 amide bonds. The molecule has 2 aliphatic rings. The van der Waals surface area contributed by atoms with Crippen molar-refractivity contribution < 1.29 is 9.59 Å². The fraction of sp³-hybridized carbons (Fsp3) is 0.444. The van der Waals surface area contributed by atoms with Crippen LogP contribution in [0, 0.1) is 6.92 Å². The molecule has 4 rings (SSSR count). The first-order valence-corrected chi connectivity index (χ1v) is 9.28. The summed E-state index contributed by atoms with van der Waals surface area (Å²) in [6.45, 7) is 4.89. The SMILES string of the molecule is Cc1c(C(=O)N2CCCC(N3CCNC3=O)C2)sc2ccccc12. The first-order valence-electron chi connectivity index (χ1n) is 8.47. The lowest BCUT2D eigenvalue weighted by Gasteiger charge is -2.37. The summed E-state index contributed by atoms with van der Waals surface area (Å²) >= 11 is 1.58. The van der Waals surface area contributed by atoms with Crippen molar-refractivity contribution in [3.8, 4) is 0 Å². The van der Waals surface area contributed by atoms with Gasteiger partial charge in [0.2, 0.25) is 0 Å². The van der Waals surface area contributed by atoms with E-state index in [0.29, 0.717) is 13.1 Å². The second-order valence-electron chi connectivity index (χ2n) is 6.52. The average Bonchev–Trinajstić information content (AvgIpc) is 3.18. The normalized spacial score (nSPS) is 21.4. The van der Waals surface area contributed by atoms with E-state index in [-0.39, 0.29) is 18.0 Å². The number of carbonyl (C=O) groups is 2. The quantitative estimate of drug-likeness (QED) is 0.912. The molecular formula is C18H21N3O2S. The van der Waals surface area contributed by atoms with Crippen molar-refractivity contribution in [1.82, 2.24) is 15.1 Å². The highest BCUT2D eigenvalue weighted by atomic mass is 32.1. The zero-order valence-corrected chi connectivity index (χ0v) is 14.6. The fourth-order valence-electron chi connectivity index (χ4n) is 3.75. The minimum atomic E-state index is 0.00680. The summed E-state index contributed by atoms with van der Waals surface area (Å²) in [6, 6.07) is 8.31. The predicted octanol–water partition coefficient (Wildman–Crippen LogP) is 2.84. The maximum atomic E-state index is 13.0. The van der Waals surface area contributed by atoms with E-state index < -0.39 is 0 Å². The van der Waals surface area contributed by atoms with Gasteiger partial charge in [0.25, 0.3) is 5.91 Å². The summed E-state index contributed by atoms with van der Waals surface area (Å²) < 4.78 is 1.16. The first kappa shape index (κ1) is 15.4. The molecule has 6 heteroatoms. The summed E-state index contributed by atoms with van der Waals surface area (Å²) in [6.07, 6.45) is 1.92. The minimum Gasteiger partial charge on any atom is -0.336 e. The van der Waals surface area contributed by atoms with Crippen LogP contribution < -0.4 is 5.32 Å². The maximum Gasteiger partial charge on any atom is 0.317 e. The van der Waals surface area contributed by atoms with Gasteiger partial charge in [-0.3, -0.25) is 4.79 Å². The van der Waals surface area contributed by atoms with Crippen LogP contribution in [0.4, 0.5) is 4.79 Å². The number of hydrogen-bond acceptors (Lipinski definition) is 3. The van der Waals surface area contributed by atoms with Crippen LogP contribution in [-0.4, -0.2) is 54.0 Å². The van der Waals surface area contributed by atoms with Crippen LogP contribution >= 0.6 is 11.3 Å². The molecule has 1 aromatic heterocycles. The lowest BCUT2D eigenvalue weighted by atomic mass is 10.0. The van der Waals surface area contributed by atoms with Crippen LogP contribution in [0.15, 0.2) is 24.3 Å². The maximum absolute atomic E-state index is 13.0. The number of likely N-dealkylation sites (tertiary alicyclic amines) is 1. The van der Waals surface area contributed by atoms with Gasteiger partial charge in [-0.15, -0.1) is 11.3 Å². The Kier molecular flexibility index (Phi) is 3.92. The first-order chi connectivity index (χ1) is 11.6. The van der Waals surface area contributed by atoms with Gasteiger partial charge in [-0.05, 0) is 36.8 Å². The molecule has 1 N–H and O–H groups in total. The largest absolute Gasteiger partial charge is 0.336 e. The summed E-state index contributed by atoms with van der Waals surface area (Å²) in [7, 11) is 0. The van der Waals surface area contributed by atoms with E-state index >= 15 is 0 Å². The van der Waals surface area contributed by atoms with Crippen molar-refractivity contribution >= 4 is 33.4 Å². The van der Waals surface area contributed by atoms with Crippen molar-refractivity contribution in [2.24, 2.45) is 0 Å². The number of piperidine rings is 1. The highest BCUT2D eigenvalue weighted by Gasteiger charge is 2.33. The number of fused-ring (bicyclic) bond motifs is 1. The number of nitrogens with one attached hydrogen (secondary N) is 1. The lowest BCUT2D eigenvalue weighted by molar-refractivity contribution is 0.0638. The van der Waals surface area contributed by atoms with Crippen LogP contribution in [0.3, 0.4) is 0 Å². The smallest absolute Gasteiger partial charge is 0.317 e. The van der Waals surface area contributed by atoms with E-state index in [0.717, 1.165) is 41.1 Å². The third kappa shape index (κ3) is 2.55. The van der Waals surface area contributed by atoms with Crippen LogP contribution in [0.1, 0.15) is 28.1 Å². The van der Waals surface area contributed by atoms with Crippen molar-refractivity contribution in [1.29, 1.82) is 0 Å². The van der Waals surface area contributed by atoms with Crippen LogP contribution in [0.5, 0.6) is 0 Å². The van der Waals surface area contributed by atoms with E-state index in [1.165, 1.54) is 5.39 Å². The second kappa shape index (κ2) is 6.09. The standard InChI is InChI=1S/C18H21N3O2S/c1-12-14-6-2-3-7-15(14)24-16(12)17(22)20-9-4-5-13(11-20)21-10-8-19-18(21)23/h2-3,6-7,13H,4-5,8-11H2,1H3,(H,19,23). The van der Waals surface area contributed by atoms with Crippen LogP contribution in [0.25, 0.3) is 10.1 Å². The van der Waals surface area contributed by atoms with Gasteiger partial charge < -0.3 is 15.1 Å². The molecule has 1 unspecified atom stereocenters. The van der Waals surface area contributed by atoms with Crippen LogP contribution in [0.2, 0.25) is 0 Å². The van der Waals surface area contributed by atoms with Crippen molar-refractivity contribution in [3.05, 3.63) is 34.7 Å². The number of aryl methyl sites for hydroxylation is 1. The minimum absolute atomic E-state index is 0.00680. The Bertz CT molecular complexity index is 801. The Morgan fingerprint density at radius 3 is 2.88 bits per heavy atom. The molecule has 2 aliphatic heterocycles. The molecule has 0 aliphatic carbocycles. The second-order valence-corrected chi connectivity index (χ2v) is 7.58. The third-order valence-corrected chi connectivity index (χ3v) is 6.31. The number of thiophene rings is 1. The number of hydrogen-bond donors (Lipinski definition) is 1. The molecule has 2 fully saturated rings. The zero-order valence-electron chi connectivity index (χ0n) is 13.7. The molecule has 126 valence electrons. The van der Waals surface area contributed by atoms with Crippen LogP contribution in [-0.2, 0) is 0 Å². The number of urea groups is 1. The topological polar surface area (TPSA) is 52.7 Å². The number of benzene rings is 1. The van der Waals surface area contributed by atoms with Gasteiger partial charge in [0.1, 0.15) is 0 Å². The Morgan fingerprint density at radius 1 is 1.29 bits per heavy atom. The lowest BCUT2D eigenvalue weighted by Crippen LogP contribution is -2.50. The predicted molar refractivity (Wildman–Crippen MR) is 95.6 cm³/mol. The van der Waals surface area contributed by atoms with E-state index in [1.54, 1.807) is 11.3 Å². The van der Waals surface area contributed by atoms with E-state index in [1.807, 2.05) is 28.9 Å². The van der Waals surface area contributed by atoms with Gasteiger partial charge in [0.15, 0.2) is 0 Å². The van der Waals surface area contributed by atoms with Crippen molar-refractivity contribution in [3.63, 3.8) is 0 Å². The van der Waals surface area contributed by atoms with Gasteiger partial charge in [-0.1, -0.05) is 18.2 Å². The van der Waals surface area contributed by atoms with Crippen molar-refractivity contribution in [2.45, 2.75) is 25.8 Å². The molecule has 3 heterocycles. The van der Waals surface area contributed by atoms with E-state index in [4.69, 9.17) is 0 Å². The highest BCUT2D eigenvalue weighted by Crippen LogP contribution is 2.32. The number of amides is 3. The average molecular weight is 343 g/mol. The molecule has 0 radical (unpaired) electrons. The molecule has 24 heavy (non-hydrogen) atoms. The van der Waals surface area contributed by atoms with Gasteiger partial charge >= 0.3 is 6.03 Å².